The molecule has 0 aliphatic carbocycles. The van der Waals surface area contributed by atoms with Crippen molar-refractivity contribution in [3.05, 3.63) is 59.6 Å². The van der Waals surface area contributed by atoms with E-state index in [4.69, 9.17) is 4.74 Å². The molecule has 144 valence electrons. The lowest BCUT2D eigenvalue weighted by Crippen LogP contribution is -2.29. The second-order valence-corrected chi connectivity index (χ2v) is 8.60. The molecule has 0 radical (unpaired) electrons. The van der Waals surface area contributed by atoms with Crippen molar-refractivity contribution in [2.45, 2.75) is 6.54 Å². The molecule has 2 aliphatic rings. The second-order valence-electron chi connectivity index (χ2n) is 7.65. The van der Waals surface area contributed by atoms with E-state index in [-0.39, 0.29) is 0 Å². The molecule has 2 saturated heterocycles. The number of likely N-dealkylation sites (tertiary alicyclic amines) is 1. The smallest absolute Gasteiger partial charge is 0.228 e. The summed E-state index contributed by atoms with van der Waals surface area (Å²) >= 11 is 1.82. The van der Waals surface area contributed by atoms with Crippen LogP contribution in [-0.4, -0.2) is 48.2 Å². The Balaban J connectivity index is 1.26. The number of hydrogen-bond acceptors (Lipinski definition) is 6. The summed E-state index contributed by atoms with van der Waals surface area (Å²) < 4.78 is 5.25. The Morgan fingerprint density at radius 3 is 2.61 bits per heavy atom. The fourth-order valence-electron chi connectivity index (χ4n) is 4.55. The third-order valence-corrected chi connectivity index (χ3v) is 6.77. The Labute approximate surface area is 169 Å². The predicted molar refractivity (Wildman–Crippen MR) is 113 cm³/mol. The van der Waals surface area contributed by atoms with Crippen LogP contribution in [0.5, 0.6) is 5.88 Å². The van der Waals surface area contributed by atoms with E-state index in [0.29, 0.717) is 17.7 Å². The number of hydrogen-bond donors (Lipinski definition) is 0. The molecular weight excluding hydrogens is 368 g/mol. The van der Waals surface area contributed by atoms with E-state index in [2.05, 4.69) is 61.5 Å². The third kappa shape index (κ3) is 3.38. The van der Waals surface area contributed by atoms with Crippen LogP contribution in [0.25, 0.3) is 10.4 Å². The van der Waals surface area contributed by atoms with Crippen molar-refractivity contribution < 1.29 is 4.74 Å². The molecule has 2 aromatic heterocycles. The van der Waals surface area contributed by atoms with Crippen molar-refractivity contribution in [2.24, 2.45) is 11.8 Å². The van der Waals surface area contributed by atoms with E-state index >= 15 is 0 Å². The van der Waals surface area contributed by atoms with Crippen LogP contribution < -0.4 is 9.64 Å². The Morgan fingerprint density at radius 1 is 1.04 bits per heavy atom. The van der Waals surface area contributed by atoms with E-state index in [1.807, 2.05) is 11.3 Å². The van der Waals surface area contributed by atoms with Crippen molar-refractivity contribution in [2.75, 3.05) is 38.2 Å². The molecule has 4 heterocycles. The molecule has 0 spiro atoms. The number of rotatable bonds is 5. The van der Waals surface area contributed by atoms with Gasteiger partial charge in [-0.3, -0.25) is 4.90 Å². The summed E-state index contributed by atoms with van der Waals surface area (Å²) in [6.07, 6.45) is 1.78. The highest BCUT2D eigenvalue weighted by Gasteiger charge is 2.40. The van der Waals surface area contributed by atoms with Gasteiger partial charge in [0, 0.05) is 49.9 Å². The van der Waals surface area contributed by atoms with Gasteiger partial charge in [0.05, 0.1) is 7.11 Å². The van der Waals surface area contributed by atoms with Crippen LogP contribution in [0, 0.1) is 11.8 Å². The number of anilines is 1. The summed E-state index contributed by atoms with van der Waals surface area (Å²) in [6, 6.07) is 15.0. The molecule has 28 heavy (non-hydrogen) atoms. The standard InChI is InChI=1S/C22H24N4OS/c1-27-21-8-9-23-22(24-21)26-14-17-12-25(13-18(17)15-26)11-16-5-2-3-6-19(16)20-7-4-10-28-20/h2-10,17-18H,11-15H2,1H3. The minimum absolute atomic E-state index is 0.633. The lowest BCUT2D eigenvalue weighted by atomic mass is 10.0. The summed E-state index contributed by atoms with van der Waals surface area (Å²) in [5.74, 6) is 2.80. The maximum absolute atomic E-state index is 5.25. The lowest BCUT2D eigenvalue weighted by molar-refractivity contribution is 0.309. The van der Waals surface area contributed by atoms with Gasteiger partial charge in [0.25, 0.3) is 0 Å². The van der Waals surface area contributed by atoms with Crippen molar-refractivity contribution >= 4 is 17.3 Å². The molecule has 0 saturated carbocycles. The van der Waals surface area contributed by atoms with Crippen LogP contribution in [0.15, 0.2) is 54.0 Å². The third-order valence-electron chi connectivity index (χ3n) is 5.87. The van der Waals surface area contributed by atoms with Gasteiger partial charge >= 0.3 is 0 Å². The molecule has 0 N–H and O–H groups in total. The summed E-state index contributed by atoms with van der Waals surface area (Å²) in [5.41, 5.74) is 2.80. The number of thiophene rings is 1. The predicted octanol–water partition coefficient (Wildman–Crippen LogP) is 3.78. The average Bonchev–Trinajstić information content (AvgIpc) is 3.45. The van der Waals surface area contributed by atoms with Gasteiger partial charge in [-0.25, -0.2) is 4.98 Å². The SMILES string of the molecule is COc1ccnc(N2CC3CN(Cc4ccccc4-c4cccs4)CC3C2)n1. The molecule has 2 aliphatic heterocycles. The molecule has 3 aromatic rings. The van der Waals surface area contributed by atoms with Crippen molar-refractivity contribution in [3.63, 3.8) is 0 Å². The number of ether oxygens (including phenoxy) is 1. The Bertz CT molecular complexity index is 931. The molecule has 0 bridgehead atoms. The van der Waals surface area contributed by atoms with E-state index in [1.165, 1.54) is 16.0 Å². The zero-order valence-electron chi connectivity index (χ0n) is 16.0. The van der Waals surface area contributed by atoms with Gasteiger partial charge in [0.1, 0.15) is 0 Å². The van der Waals surface area contributed by atoms with Crippen LogP contribution >= 0.6 is 11.3 Å². The van der Waals surface area contributed by atoms with Gasteiger partial charge in [0.2, 0.25) is 11.8 Å². The molecule has 0 amide bonds. The molecule has 5 nitrogen and oxygen atoms in total. The minimum Gasteiger partial charge on any atom is -0.481 e. The van der Waals surface area contributed by atoms with Crippen molar-refractivity contribution in [3.8, 4) is 16.3 Å². The summed E-state index contributed by atoms with van der Waals surface area (Å²) in [7, 11) is 1.65. The topological polar surface area (TPSA) is 41.5 Å². The van der Waals surface area contributed by atoms with Crippen LogP contribution in [0.4, 0.5) is 5.95 Å². The van der Waals surface area contributed by atoms with Gasteiger partial charge in [-0.05, 0) is 34.4 Å². The van der Waals surface area contributed by atoms with Gasteiger partial charge in [-0.1, -0.05) is 30.3 Å². The summed E-state index contributed by atoms with van der Waals surface area (Å²) in [4.78, 5) is 15.2. The van der Waals surface area contributed by atoms with Crippen LogP contribution in [0.3, 0.4) is 0 Å². The van der Waals surface area contributed by atoms with Gasteiger partial charge in [0.15, 0.2) is 0 Å². The summed E-state index contributed by atoms with van der Waals surface area (Å²) in [6.45, 7) is 5.37. The molecule has 2 atom stereocenters. The van der Waals surface area contributed by atoms with Gasteiger partial charge in [-0.15, -0.1) is 11.3 Å². The quantitative estimate of drug-likeness (QED) is 0.661. The summed E-state index contributed by atoms with van der Waals surface area (Å²) in [5, 5.41) is 2.15. The Morgan fingerprint density at radius 2 is 1.86 bits per heavy atom. The number of fused-ring (bicyclic) bond motifs is 1. The van der Waals surface area contributed by atoms with E-state index < -0.39 is 0 Å². The molecule has 2 fully saturated rings. The zero-order valence-corrected chi connectivity index (χ0v) is 16.8. The number of nitrogens with zero attached hydrogens (tertiary/aromatic N) is 4. The average molecular weight is 393 g/mol. The molecule has 1 aromatic carbocycles. The minimum atomic E-state index is 0.633. The lowest BCUT2D eigenvalue weighted by Gasteiger charge is -2.22. The first-order valence-corrected chi connectivity index (χ1v) is 10.6. The molecule has 2 unspecified atom stereocenters. The van der Waals surface area contributed by atoms with Crippen LogP contribution in [0.1, 0.15) is 5.56 Å². The fourth-order valence-corrected chi connectivity index (χ4v) is 5.34. The number of benzene rings is 1. The van der Waals surface area contributed by atoms with E-state index in [9.17, 15) is 0 Å². The monoisotopic (exact) mass is 392 g/mol. The highest BCUT2D eigenvalue weighted by atomic mass is 32.1. The maximum atomic E-state index is 5.25. The number of methoxy groups -OCH3 is 1. The normalized spacial score (nSPS) is 21.8. The zero-order chi connectivity index (χ0) is 18.9. The maximum Gasteiger partial charge on any atom is 0.228 e. The number of aromatic nitrogens is 2. The molecular formula is C22H24N4OS. The van der Waals surface area contributed by atoms with E-state index in [0.717, 1.165) is 38.7 Å². The van der Waals surface area contributed by atoms with Crippen LogP contribution in [-0.2, 0) is 6.54 Å². The first kappa shape index (κ1) is 17.6. The molecule has 6 heteroatoms. The first-order chi connectivity index (χ1) is 13.8. The highest BCUT2D eigenvalue weighted by molar-refractivity contribution is 7.13. The molecule has 5 rings (SSSR count). The van der Waals surface area contributed by atoms with Crippen LogP contribution in [0.2, 0.25) is 0 Å². The fraction of sp³-hybridized carbons (Fsp3) is 0.364. The highest BCUT2D eigenvalue weighted by Crippen LogP contribution is 2.35. The van der Waals surface area contributed by atoms with Gasteiger partial charge < -0.3 is 9.64 Å². The van der Waals surface area contributed by atoms with Crippen molar-refractivity contribution in [1.82, 2.24) is 14.9 Å². The van der Waals surface area contributed by atoms with Crippen molar-refractivity contribution in [1.29, 1.82) is 0 Å². The second kappa shape index (κ2) is 7.53. The van der Waals surface area contributed by atoms with E-state index in [1.54, 1.807) is 19.4 Å². The first-order valence-electron chi connectivity index (χ1n) is 9.76. The Hall–Kier alpha value is -2.44. The Kier molecular flexibility index (Phi) is 4.74. The largest absolute Gasteiger partial charge is 0.481 e. The van der Waals surface area contributed by atoms with Gasteiger partial charge in [-0.2, -0.15) is 4.98 Å².